The zero-order valence-electron chi connectivity index (χ0n) is 13.0. The zero-order chi connectivity index (χ0) is 17.2. The lowest BCUT2D eigenvalue weighted by Crippen LogP contribution is -2.51. The van der Waals surface area contributed by atoms with Crippen molar-refractivity contribution in [3.8, 4) is 0 Å². The van der Waals surface area contributed by atoms with Crippen molar-refractivity contribution in [2.24, 2.45) is 0 Å². The summed E-state index contributed by atoms with van der Waals surface area (Å²) in [6.45, 7) is 1.41. The van der Waals surface area contributed by atoms with E-state index >= 15 is 0 Å². The normalized spacial score (nSPS) is 16.2. The van der Waals surface area contributed by atoms with Crippen molar-refractivity contribution >= 4 is 27.3 Å². The van der Waals surface area contributed by atoms with Crippen LogP contribution in [0.4, 0.5) is 0 Å². The molecule has 24 heavy (non-hydrogen) atoms. The number of sulfonamides is 1. The summed E-state index contributed by atoms with van der Waals surface area (Å²) >= 11 is 1.27. The number of carbonyl (C=O) groups is 1. The van der Waals surface area contributed by atoms with Gasteiger partial charge in [0.15, 0.2) is 4.80 Å². The Hall–Kier alpha value is -1.97. The first-order chi connectivity index (χ1) is 11.5. The molecule has 0 saturated carbocycles. The number of hydrogen-bond acceptors (Lipinski definition) is 5. The molecule has 3 rings (SSSR count). The second-order valence-corrected chi connectivity index (χ2v) is 8.27. The lowest BCUT2D eigenvalue weighted by atomic mass is 10.3. The summed E-state index contributed by atoms with van der Waals surface area (Å²) in [5.74, 6) is -0.0938. The van der Waals surface area contributed by atoms with Gasteiger partial charge < -0.3 is 9.47 Å². The Morgan fingerprint density at radius 3 is 2.38 bits per heavy atom. The monoisotopic (exact) mass is 366 g/mol. The van der Waals surface area contributed by atoms with Crippen LogP contribution < -0.4 is 4.80 Å². The third-order valence-corrected chi connectivity index (χ3v) is 6.59. The first-order valence-electron chi connectivity index (χ1n) is 7.50. The second-order valence-electron chi connectivity index (χ2n) is 5.43. The minimum absolute atomic E-state index is 0.0938. The maximum Gasteiger partial charge on any atom is 0.243 e. The van der Waals surface area contributed by atoms with Gasteiger partial charge in [-0.1, -0.05) is 18.2 Å². The summed E-state index contributed by atoms with van der Waals surface area (Å²) in [6, 6.07) is 8.33. The summed E-state index contributed by atoms with van der Waals surface area (Å²) in [5, 5.41) is 9.45. The fourth-order valence-corrected chi connectivity index (χ4v) is 4.63. The molecule has 1 amide bonds. The van der Waals surface area contributed by atoms with Crippen molar-refractivity contribution in [3.63, 3.8) is 0 Å². The Labute approximate surface area is 144 Å². The Balaban J connectivity index is 1.62. The molecule has 0 unspecified atom stereocenters. The number of rotatable bonds is 4. The summed E-state index contributed by atoms with van der Waals surface area (Å²) in [6.07, 6.45) is 1.71. The van der Waals surface area contributed by atoms with Crippen molar-refractivity contribution < 1.29 is 13.2 Å². The average molecular weight is 366 g/mol. The molecule has 1 aromatic carbocycles. The molecule has 7 nitrogen and oxygen atoms in total. The molecule has 9 heteroatoms. The number of benzene rings is 1. The van der Waals surface area contributed by atoms with E-state index in [1.807, 2.05) is 0 Å². The lowest BCUT2D eigenvalue weighted by Gasteiger charge is -2.34. The predicted octanol–water partition coefficient (Wildman–Crippen LogP) is 0.562. The number of thiazole rings is 1. The number of nitrogens with zero attached hydrogens (tertiary/aromatic N) is 3. The van der Waals surface area contributed by atoms with Crippen LogP contribution in [-0.4, -0.2) is 54.3 Å². The quantitative estimate of drug-likeness (QED) is 0.858. The fraction of sp³-hybridized carbons (Fsp3) is 0.333. The molecule has 0 radical (unpaired) electrons. The second kappa shape index (κ2) is 6.88. The molecule has 1 fully saturated rings. The van der Waals surface area contributed by atoms with Crippen molar-refractivity contribution in [2.75, 3.05) is 26.2 Å². The van der Waals surface area contributed by atoms with E-state index in [1.54, 1.807) is 51.4 Å². The highest BCUT2D eigenvalue weighted by Gasteiger charge is 2.29. The smallest absolute Gasteiger partial charge is 0.243 e. The van der Waals surface area contributed by atoms with E-state index in [1.165, 1.54) is 15.6 Å². The van der Waals surface area contributed by atoms with E-state index in [4.69, 9.17) is 5.41 Å². The SMILES string of the molecule is N=c1sccn1CC(=O)N1CCN(S(=O)(=O)c2ccccc2)CC1. The fourth-order valence-electron chi connectivity index (χ4n) is 2.59. The average Bonchev–Trinajstić information content (AvgIpc) is 3.00. The van der Waals surface area contributed by atoms with Crippen LogP contribution in [0.15, 0.2) is 46.8 Å². The number of nitrogens with one attached hydrogen (secondary N) is 1. The summed E-state index contributed by atoms with van der Waals surface area (Å²) in [5.41, 5.74) is 0. The Morgan fingerprint density at radius 1 is 1.12 bits per heavy atom. The van der Waals surface area contributed by atoms with Gasteiger partial charge in [0.1, 0.15) is 6.54 Å². The van der Waals surface area contributed by atoms with E-state index in [0.29, 0.717) is 17.9 Å². The maximum atomic E-state index is 12.6. The van der Waals surface area contributed by atoms with Crippen LogP contribution in [-0.2, 0) is 21.4 Å². The third kappa shape index (κ3) is 3.42. The van der Waals surface area contributed by atoms with E-state index in [9.17, 15) is 13.2 Å². The molecule has 2 heterocycles. The highest BCUT2D eigenvalue weighted by atomic mass is 32.2. The van der Waals surface area contributed by atoms with Gasteiger partial charge in [0, 0.05) is 37.8 Å². The highest BCUT2D eigenvalue weighted by Crippen LogP contribution is 2.17. The number of hydrogen-bond donors (Lipinski definition) is 1. The topological polar surface area (TPSA) is 86.5 Å². The molecule has 1 aliphatic heterocycles. The van der Waals surface area contributed by atoms with E-state index in [-0.39, 0.29) is 30.4 Å². The first-order valence-corrected chi connectivity index (χ1v) is 9.82. The first kappa shape index (κ1) is 16.9. The minimum atomic E-state index is -3.51. The molecule has 1 saturated heterocycles. The van der Waals surface area contributed by atoms with Gasteiger partial charge in [-0.2, -0.15) is 4.31 Å². The Bertz CT molecular complexity index is 865. The highest BCUT2D eigenvalue weighted by molar-refractivity contribution is 7.89. The van der Waals surface area contributed by atoms with Gasteiger partial charge in [-0.15, -0.1) is 11.3 Å². The standard InChI is InChI=1S/C15H18N4O3S2/c16-15-18(10-11-23-15)12-14(20)17-6-8-19(9-7-17)24(21,22)13-4-2-1-3-5-13/h1-5,10-11,16H,6-9,12H2. The van der Waals surface area contributed by atoms with E-state index in [0.717, 1.165) is 0 Å². The molecule has 128 valence electrons. The largest absolute Gasteiger partial charge is 0.339 e. The maximum absolute atomic E-state index is 12.6. The number of piperazine rings is 1. The van der Waals surface area contributed by atoms with Crippen LogP contribution in [0.5, 0.6) is 0 Å². The molecule has 2 aromatic rings. The number of amides is 1. The molecule has 1 aromatic heterocycles. The minimum Gasteiger partial charge on any atom is -0.339 e. The molecule has 0 aliphatic carbocycles. The molecule has 1 N–H and O–H groups in total. The third-order valence-electron chi connectivity index (χ3n) is 3.96. The van der Waals surface area contributed by atoms with Crippen LogP contribution in [0.25, 0.3) is 0 Å². The molecular weight excluding hydrogens is 348 g/mol. The number of aromatic nitrogens is 1. The summed E-state index contributed by atoms with van der Waals surface area (Å²) in [4.78, 5) is 14.6. The van der Waals surface area contributed by atoms with E-state index < -0.39 is 10.0 Å². The van der Waals surface area contributed by atoms with Crippen molar-refractivity contribution in [1.82, 2.24) is 13.8 Å². The van der Waals surface area contributed by atoms with Crippen molar-refractivity contribution in [2.45, 2.75) is 11.4 Å². The zero-order valence-corrected chi connectivity index (χ0v) is 14.6. The molecule has 1 aliphatic rings. The van der Waals surface area contributed by atoms with Gasteiger partial charge in [-0.3, -0.25) is 10.2 Å². The van der Waals surface area contributed by atoms with Gasteiger partial charge >= 0.3 is 0 Å². The molecule has 0 bridgehead atoms. The van der Waals surface area contributed by atoms with Gasteiger partial charge in [-0.25, -0.2) is 8.42 Å². The van der Waals surface area contributed by atoms with Crippen molar-refractivity contribution in [1.29, 1.82) is 5.41 Å². The van der Waals surface area contributed by atoms with Gasteiger partial charge in [-0.05, 0) is 12.1 Å². The Kier molecular flexibility index (Phi) is 4.83. The van der Waals surface area contributed by atoms with Gasteiger partial charge in [0.2, 0.25) is 15.9 Å². The molecule has 0 atom stereocenters. The van der Waals surface area contributed by atoms with E-state index in [2.05, 4.69) is 0 Å². The predicted molar refractivity (Wildman–Crippen MR) is 89.9 cm³/mol. The van der Waals surface area contributed by atoms with Crippen LogP contribution in [0, 0.1) is 5.41 Å². The molecule has 0 spiro atoms. The summed E-state index contributed by atoms with van der Waals surface area (Å²) in [7, 11) is -3.51. The Morgan fingerprint density at radius 2 is 1.79 bits per heavy atom. The molecular formula is C15H18N4O3S2. The lowest BCUT2D eigenvalue weighted by molar-refractivity contribution is -0.133. The summed E-state index contributed by atoms with van der Waals surface area (Å²) < 4.78 is 28.1. The van der Waals surface area contributed by atoms with Crippen LogP contribution in [0.2, 0.25) is 0 Å². The van der Waals surface area contributed by atoms with Crippen LogP contribution >= 0.6 is 11.3 Å². The van der Waals surface area contributed by atoms with Gasteiger partial charge in [0.25, 0.3) is 0 Å². The number of carbonyl (C=O) groups excluding carboxylic acids is 1. The van der Waals surface area contributed by atoms with Crippen LogP contribution in [0.3, 0.4) is 0 Å². The van der Waals surface area contributed by atoms with Gasteiger partial charge in [0.05, 0.1) is 4.90 Å². The van der Waals surface area contributed by atoms with Crippen LogP contribution in [0.1, 0.15) is 0 Å². The van der Waals surface area contributed by atoms with Crippen molar-refractivity contribution in [3.05, 3.63) is 46.7 Å².